The van der Waals surface area contributed by atoms with E-state index in [2.05, 4.69) is 29.1 Å². The van der Waals surface area contributed by atoms with E-state index in [1.165, 1.54) is 0 Å². The summed E-state index contributed by atoms with van der Waals surface area (Å²) in [5.74, 6) is 0. The molecule has 0 aliphatic carbocycles. The summed E-state index contributed by atoms with van der Waals surface area (Å²) in [4.78, 5) is 8.49. The van der Waals surface area contributed by atoms with E-state index in [1.54, 1.807) is 12.4 Å². The molecule has 0 aliphatic heterocycles. The maximum atomic E-state index is 9.44. The molecule has 4 heteroatoms. The summed E-state index contributed by atoms with van der Waals surface area (Å²) in [5.41, 5.74) is 1.87. The predicted molar refractivity (Wildman–Crippen MR) is 68.6 cm³/mol. The van der Waals surface area contributed by atoms with Crippen molar-refractivity contribution in [2.45, 2.75) is 40.2 Å². The fourth-order valence-electron chi connectivity index (χ4n) is 1.75. The van der Waals surface area contributed by atoms with Gasteiger partial charge in [-0.3, -0.25) is 9.97 Å². The molecule has 0 radical (unpaired) electrons. The van der Waals surface area contributed by atoms with Crippen LogP contribution in [0.5, 0.6) is 0 Å². The molecule has 0 fully saturated rings. The number of rotatable bonds is 7. The number of nitrogens with one attached hydrogen (secondary N) is 1. The Morgan fingerprint density at radius 3 is 2.41 bits per heavy atom. The van der Waals surface area contributed by atoms with E-state index >= 15 is 0 Å². The Kier molecular flexibility index (Phi) is 5.51. The minimum atomic E-state index is -0.00186. The molecule has 17 heavy (non-hydrogen) atoms. The Balaban J connectivity index is 2.43. The van der Waals surface area contributed by atoms with Crippen molar-refractivity contribution in [2.75, 3.05) is 13.2 Å². The van der Waals surface area contributed by atoms with Gasteiger partial charge in [-0.1, -0.05) is 13.8 Å². The number of hydrogen-bond donors (Lipinski definition) is 2. The van der Waals surface area contributed by atoms with Crippen molar-refractivity contribution in [3.05, 3.63) is 23.8 Å². The molecule has 0 unspecified atom stereocenters. The molecule has 1 rings (SSSR count). The van der Waals surface area contributed by atoms with Gasteiger partial charge in [0.2, 0.25) is 0 Å². The molecule has 0 amide bonds. The fraction of sp³-hybridized carbons (Fsp3) is 0.692. The first-order valence-electron chi connectivity index (χ1n) is 6.25. The van der Waals surface area contributed by atoms with Gasteiger partial charge in [0.05, 0.1) is 11.4 Å². The topological polar surface area (TPSA) is 58.0 Å². The summed E-state index contributed by atoms with van der Waals surface area (Å²) >= 11 is 0. The number of aliphatic hydroxyl groups is 1. The van der Waals surface area contributed by atoms with Gasteiger partial charge in [0.1, 0.15) is 0 Å². The highest BCUT2D eigenvalue weighted by Crippen LogP contribution is 2.24. The van der Waals surface area contributed by atoms with Crippen LogP contribution < -0.4 is 5.32 Å². The lowest BCUT2D eigenvalue weighted by molar-refractivity contribution is 0.113. The van der Waals surface area contributed by atoms with Gasteiger partial charge in [0.15, 0.2) is 0 Å². The lowest BCUT2D eigenvalue weighted by atomic mass is 9.83. The predicted octanol–water partition coefficient (Wildman–Crippen LogP) is 1.67. The monoisotopic (exact) mass is 237 g/mol. The normalized spacial score (nSPS) is 11.8. The Morgan fingerprint density at radius 2 is 1.94 bits per heavy atom. The van der Waals surface area contributed by atoms with Crippen LogP contribution in [-0.2, 0) is 6.54 Å². The molecule has 96 valence electrons. The maximum Gasteiger partial charge on any atom is 0.0724 e. The number of aryl methyl sites for hydroxylation is 1. The molecule has 1 heterocycles. The zero-order valence-electron chi connectivity index (χ0n) is 11.0. The van der Waals surface area contributed by atoms with Crippen LogP contribution in [-0.4, -0.2) is 28.2 Å². The Labute approximate surface area is 103 Å². The van der Waals surface area contributed by atoms with E-state index in [-0.39, 0.29) is 12.0 Å². The van der Waals surface area contributed by atoms with Gasteiger partial charge in [-0.2, -0.15) is 0 Å². The van der Waals surface area contributed by atoms with Crippen LogP contribution in [0, 0.1) is 12.3 Å². The summed E-state index contributed by atoms with van der Waals surface area (Å²) < 4.78 is 0. The number of aromatic nitrogens is 2. The van der Waals surface area contributed by atoms with Gasteiger partial charge in [0, 0.05) is 37.5 Å². The molecule has 0 aromatic carbocycles. The van der Waals surface area contributed by atoms with Crippen molar-refractivity contribution in [3.63, 3.8) is 0 Å². The molecule has 0 saturated carbocycles. The second kappa shape index (κ2) is 6.67. The van der Waals surface area contributed by atoms with Crippen molar-refractivity contribution in [1.82, 2.24) is 15.3 Å². The Bertz CT molecular complexity index is 312. The van der Waals surface area contributed by atoms with Gasteiger partial charge >= 0.3 is 0 Å². The zero-order valence-corrected chi connectivity index (χ0v) is 11.0. The summed E-state index contributed by atoms with van der Waals surface area (Å²) in [5, 5.41) is 12.8. The average Bonchev–Trinajstić information content (AvgIpc) is 2.38. The van der Waals surface area contributed by atoms with Crippen molar-refractivity contribution in [3.8, 4) is 0 Å². The molecular formula is C13H23N3O. The second-order valence-corrected chi connectivity index (χ2v) is 4.62. The third-order valence-electron chi connectivity index (χ3n) is 3.48. The molecule has 0 bridgehead atoms. The Morgan fingerprint density at radius 1 is 1.24 bits per heavy atom. The molecule has 0 saturated heterocycles. The van der Waals surface area contributed by atoms with E-state index in [9.17, 15) is 5.11 Å². The number of aliphatic hydroxyl groups excluding tert-OH is 1. The zero-order chi connectivity index (χ0) is 12.7. The van der Waals surface area contributed by atoms with E-state index in [1.807, 2.05) is 6.92 Å². The third kappa shape index (κ3) is 4.06. The number of hydrogen-bond acceptors (Lipinski definition) is 4. The highest BCUT2D eigenvalue weighted by molar-refractivity contribution is 5.00. The first kappa shape index (κ1) is 14.1. The first-order valence-corrected chi connectivity index (χ1v) is 6.25. The molecule has 1 aromatic rings. The SMILES string of the molecule is CCC(CC)(CO)CNCc1cnc(C)cn1. The smallest absolute Gasteiger partial charge is 0.0724 e. The van der Waals surface area contributed by atoms with E-state index in [4.69, 9.17) is 0 Å². The number of nitrogens with zero attached hydrogens (tertiary/aromatic N) is 2. The Hall–Kier alpha value is -1.00. The van der Waals surface area contributed by atoms with Crippen molar-refractivity contribution >= 4 is 0 Å². The first-order chi connectivity index (χ1) is 8.15. The fourth-order valence-corrected chi connectivity index (χ4v) is 1.75. The van der Waals surface area contributed by atoms with Crippen LogP contribution in [0.25, 0.3) is 0 Å². The van der Waals surface area contributed by atoms with Crippen LogP contribution in [0.4, 0.5) is 0 Å². The molecule has 0 spiro atoms. The van der Waals surface area contributed by atoms with Gasteiger partial charge < -0.3 is 10.4 Å². The van der Waals surface area contributed by atoms with Crippen LogP contribution >= 0.6 is 0 Å². The maximum absolute atomic E-state index is 9.44. The molecule has 1 aromatic heterocycles. The summed E-state index contributed by atoms with van der Waals surface area (Å²) in [7, 11) is 0. The molecular weight excluding hydrogens is 214 g/mol. The van der Waals surface area contributed by atoms with Crippen molar-refractivity contribution in [2.24, 2.45) is 5.41 Å². The average molecular weight is 237 g/mol. The minimum Gasteiger partial charge on any atom is -0.396 e. The van der Waals surface area contributed by atoms with Gasteiger partial charge in [0.25, 0.3) is 0 Å². The van der Waals surface area contributed by atoms with Crippen LogP contribution in [0.2, 0.25) is 0 Å². The largest absolute Gasteiger partial charge is 0.396 e. The van der Waals surface area contributed by atoms with Gasteiger partial charge in [-0.25, -0.2) is 0 Å². The van der Waals surface area contributed by atoms with Gasteiger partial charge in [-0.05, 0) is 19.8 Å². The van der Waals surface area contributed by atoms with Crippen LogP contribution in [0.15, 0.2) is 12.4 Å². The summed E-state index contributed by atoms with van der Waals surface area (Å²) in [6.45, 7) is 7.91. The van der Waals surface area contributed by atoms with E-state index in [0.717, 1.165) is 30.8 Å². The highest BCUT2D eigenvalue weighted by atomic mass is 16.3. The summed E-state index contributed by atoms with van der Waals surface area (Å²) in [6, 6.07) is 0. The third-order valence-corrected chi connectivity index (χ3v) is 3.48. The van der Waals surface area contributed by atoms with E-state index in [0.29, 0.717) is 6.54 Å². The highest BCUT2D eigenvalue weighted by Gasteiger charge is 2.24. The molecule has 0 aliphatic rings. The van der Waals surface area contributed by atoms with Crippen molar-refractivity contribution in [1.29, 1.82) is 0 Å². The van der Waals surface area contributed by atoms with Crippen molar-refractivity contribution < 1.29 is 5.11 Å². The second-order valence-electron chi connectivity index (χ2n) is 4.62. The lowest BCUT2D eigenvalue weighted by Crippen LogP contribution is -2.36. The summed E-state index contributed by atoms with van der Waals surface area (Å²) in [6.07, 6.45) is 5.52. The molecule has 0 atom stereocenters. The molecule has 2 N–H and O–H groups in total. The quantitative estimate of drug-likeness (QED) is 0.757. The minimum absolute atomic E-state index is 0.00186. The van der Waals surface area contributed by atoms with E-state index < -0.39 is 0 Å². The standard InChI is InChI=1S/C13H23N3O/c1-4-13(5-2,10-17)9-14-7-12-8-15-11(3)6-16-12/h6,8,14,17H,4-5,7,9-10H2,1-3H3. The molecule has 4 nitrogen and oxygen atoms in total. The lowest BCUT2D eigenvalue weighted by Gasteiger charge is -2.29. The van der Waals surface area contributed by atoms with Crippen LogP contribution in [0.3, 0.4) is 0 Å². The van der Waals surface area contributed by atoms with Crippen LogP contribution in [0.1, 0.15) is 38.1 Å². The van der Waals surface area contributed by atoms with Gasteiger partial charge in [-0.15, -0.1) is 0 Å².